The summed E-state index contributed by atoms with van der Waals surface area (Å²) in [5, 5.41) is 8.67. The van der Waals surface area contributed by atoms with Gasteiger partial charge >= 0.3 is 5.97 Å². The molecule has 3 rings (SSSR count). The Labute approximate surface area is 181 Å². The molecular weight excluding hydrogens is 450 g/mol. The molecule has 8 nitrogen and oxygen atoms in total. The number of sulfonamides is 1. The molecule has 0 bridgehead atoms. The Morgan fingerprint density at radius 3 is 2.63 bits per heavy atom. The van der Waals surface area contributed by atoms with E-state index >= 15 is 0 Å². The van der Waals surface area contributed by atoms with Crippen LogP contribution in [0.4, 0.5) is 5.69 Å². The number of primary sulfonamides is 1. The van der Waals surface area contributed by atoms with Crippen LogP contribution < -0.4 is 10.5 Å². The number of nitrogens with zero attached hydrogens (tertiary/aromatic N) is 1. The number of carbonyl (C=O) groups is 2. The van der Waals surface area contributed by atoms with Crippen LogP contribution >= 0.6 is 22.9 Å². The van der Waals surface area contributed by atoms with Gasteiger partial charge in [-0.3, -0.25) is 4.79 Å². The summed E-state index contributed by atoms with van der Waals surface area (Å²) in [6, 6.07) is 12.5. The van der Waals surface area contributed by atoms with E-state index in [9.17, 15) is 18.0 Å². The highest BCUT2D eigenvalue weighted by Crippen LogP contribution is 2.29. The molecule has 0 aliphatic rings. The quantitative estimate of drug-likeness (QED) is 0.538. The molecular formula is C19H16ClN3O5S2. The molecule has 0 aliphatic heterocycles. The fourth-order valence-electron chi connectivity index (χ4n) is 2.48. The number of benzene rings is 2. The van der Waals surface area contributed by atoms with E-state index in [1.54, 1.807) is 25.1 Å². The average Bonchev–Trinajstić information content (AvgIpc) is 3.07. The maximum absolute atomic E-state index is 12.4. The predicted octanol–water partition coefficient (Wildman–Crippen LogP) is 3.21. The van der Waals surface area contributed by atoms with E-state index < -0.39 is 28.5 Å². The molecule has 3 aromatic rings. The van der Waals surface area contributed by atoms with Crippen LogP contribution in [0.25, 0.3) is 10.6 Å². The number of aryl methyl sites for hydroxylation is 1. The third-order valence-electron chi connectivity index (χ3n) is 3.83. The van der Waals surface area contributed by atoms with Gasteiger partial charge in [-0.15, -0.1) is 11.3 Å². The standard InChI is InChI=1S/C19H16ClN3O5S2/c1-11-17(29-18(22-11)12-4-2-5-13(20)8-12)19(25)28-10-16(24)23-14-6-3-7-15(9-14)30(21,26)27/h2-9H,10H2,1H3,(H,23,24)(H2,21,26,27). The van der Waals surface area contributed by atoms with Crippen molar-refractivity contribution in [1.82, 2.24) is 4.98 Å². The van der Waals surface area contributed by atoms with Crippen LogP contribution in [0.15, 0.2) is 53.4 Å². The van der Waals surface area contributed by atoms with E-state index in [1.165, 1.54) is 24.3 Å². The molecule has 2 aromatic carbocycles. The van der Waals surface area contributed by atoms with E-state index in [0.717, 1.165) is 16.9 Å². The molecule has 0 unspecified atom stereocenters. The van der Waals surface area contributed by atoms with Gasteiger partial charge in [0.05, 0.1) is 10.6 Å². The molecule has 0 radical (unpaired) electrons. The minimum Gasteiger partial charge on any atom is -0.451 e. The van der Waals surface area contributed by atoms with Gasteiger partial charge < -0.3 is 10.1 Å². The summed E-state index contributed by atoms with van der Waals surface area (Å²) in [7, 11) is -3.90. The molecule has 1 aromatic heterocycles. The monoisotopic (exact) mass is 465 g/mol. The van der Waals surface area contributed by atoms with Gasteiger partial charge in [0.1, 0.15) is 9.88 Å². The van der Waals surface area contributed by atoms with Crippen molar-refractivity contribution in [2.24, 2.45) is 5.14 Å². The molecule has 1 amide bonds. The smallest absolute Gasteiger partial charge is 0.350 e. The number of ether oxygens (including phenoxy) is 1. The lowest BCUT2D eigenvalue weighted by Crippen LogP contribution is -2.21. The number of anilines is 1. The number of esters is 1. The van der Waals surface area contributed by atoms with Gasteiger partial charge in [0, 0.05) is 16.3 Å². The summed E-state index contributed by atoms with van der Waals surface area (Å²) < 4.78 is 27.8. The number of hydrogen-bond acceptors (Lipinski definition) is 7. The predicted molar refractivity (Wildman–Crippen MR) is 114 cm³/mol. The van der Waals surface area contributed by atoms with Gasteiger partial charge in [0.25, 0.3) is 5.91 Å². The van der Waals surface area contributed by atoms with Crippen molar-refractivity contribution in [3.8, 4) is 10.6 Å². The molecule has 0 saturated heterocycles. The number of nitrogens with one attached hydrogen (secondary N) is 1. The van der Waals surface area contributed by atoms with Gasteiger partial charge in [-0.25, -0.2) is 23.3 Å². The van der Waals surface area contributed by atoms with Crippen molar-refractivity contribution in [3.05, 3.63) is 64.1 Å². The highest BCUT2D eigenvalue weighted by Gasteiger charge is 2.19. The number of aromatic nitrogens is 1. The van der Waals surface area contributed by atoms with Crippen molar-refractivity contribution >= 4 is 50.5 Å². The lowest BCUT2D eigenvalue weighted by atomic mass is 10.2. The van der Waals surface area contributed by atoms with Crippen LogP contribution in [0.3, 0.4) is 0 Å². The van der Waals surface area contributed by atoms with Gasteiger partial charge in [-0.1, -0.05) is 29.8 Å². The highest BCUT2D eigenvalue weighted by atomic mass is 35.5. The van der Waals surface area contributed by atoms with E-state index in [2.05, 4.69) is 10.3 Å². The summed E-state index contributed by atoms with van der Waals surface area (Å²) in [5.74, 6) is -1.32. The maximum atomic E-state index is 12.4. The highest BCUT2D eigenvalue weighted by molar-refractivity contribution is 7.89. The zero-order valence-corrected chi connectivity index (χ0v) is 18.0. The second-order valence-corrected chi connectivity index (χ2v) is 9.14. The first-order valence-corrected chi connectivity index (χ1v) is 11.2. The maximum Gasteiger partial charge on any atom is 0.350 e. The number of carbonyl (C=O) groups excluding carboxylic acids is 2. The topological polar surface area (TPSA) is 128 Å². The van der Waals surface area contributed by atoms with Gasteiger partial charge in [0.15, 0.2) is 6.61 Å². The van der Waals surface area contributed by atoms with E-state index in [-0.39, 0.29) is 15.5 Å². The molecule has 1 heterocycles. The molecule has 0 atom stereocenters. The molecule has 30 heavy (non-hydrogen) atoms. The summed E-state index contributed by atoms with van der Waals surface area (Å²) in [6.07, 6.45) is 0. The molecule has 3 N–H and O–H groups in total. The number of amides is 1. The first-order chi connectivity index (χ1) is 14.1. The van der Waals surface area contributed by atoms with Crippen molar-refractivity contribution in [2.75, 3.05) is 11.9 Å². The molecule has 156 valence electrons. The Morgan fingerprint density at radius 1 is 1.20 bits per heavy atom. The number of hydrogen-bond donors (Lipinski definition) is 2. The van der Waals surface area contributed by atoms with Crippen LogP contribution in [-0.4, -0.2) is 31.9 Å². The van der Waals surface area contributed by atoms with E-state index in [1.807, 2.05) is 6.07 Å². The minimum atomic E-state index is -3.90. The average molecular weight is 466 g/mol. The van der Waals surface area contributed by atoms with Gasteiger partial charge in [0.2, 0.25) is 10.0 Å². The Balaban J connectivity index is 1.64. The Morgan fingerprint density at radius 2 is 1.93 bits per heavy atom. The zero-order chi connectivity index (χ0) is 21.9. The second kappa shape index (κ2) is 8.92. The molecule has 0 spiro atoms. The third kappa shape index (κ3) is 5.42. The molecule has 11 heteroatoms. The lowest BCUT2D eigenvalue weighted by molar-refractivity contribution is -0.119. The third-order valence-corrected chi connectivity index (χ3v) is 6.17. The Hall–Kier alpha value is -2.79. The minimum absolute atomic E-state index is 0.147. The largest absolute Gasteiger partial charge is 0.451 e. The van der Waals surface area contributed by atoms with E-state index in [4.69, 9.17) is 21.5 Å². The SMILES string of the molecule is Cc1nc(-c2cccc(Cl)c2)sc1C(=O)OCC(=O)Nc1cccc(S(N)(=O)=O)c1. The summed E-state index contributed by atoms with van der Waals surface area (Å²) in [6.45, 7) is 1.11. The van der Waals surface area contributed by atoms with Gasteiger partial charge in [-0.2, -0.15) is 0 Å². The van der Waals surface area contributed by atoms with Crippen molar-refractivity contribution < 1.29 is 22.7 Å². The van der Waals surface area contributed by atoms with Crippen molar-refractivity contribution in [3.63, 3.8) is 0 Å². The second-order valence-electron chi connectivity index (χ2n) is 6.14. The number of rotatable bonds is 6. The fourth-order valence-corrected chi connectivity index (χ4v) is 4.18. The number of nitrogens with two attached hydrogens (primary N) is 1. The van der Waals surface area contributed by atoms with Crippen molar-refractivity contribution in [1.29, 1.82) is 0 Å². The molecule has 0 fully saturated rings. The van der Waals surface area contributed by atoms with Crippen LogP contribution in [0.5, 0.6) is 0 Å². The van der Waals surface area contributed by atoms with Gasteiger partial charge in [-0.05, 0) is 37.3 Å². The summed E-state index contributed by atoms with van der Waals surface area (Å²) in [4.78, 5) is 28.9. The molecule has 0 saturated carbocycles. The van der Waals surface area contributed by atoms with Crippen LogP contribution in [0, 0.1) is 6.92 Å². The summed E-state index contributed by atoms with van der Waals surface area (Å²) in [5.41, 5.74) is 1.45. The van der Waals surface area contributed by atoms with E-state index in [0.29, 0.717) is 15.7 Å². The lowest BCUT2D eigenvalue weighted by Gasteiger charge is -2.07. The van der Waals surface area contributed by atoms with Crippen molar-refractivity contribution in [2.45, 2.75) is 11.8 Å². The first kappa shape index (κ1) is 21.9. The fraction of sp³-hybridized carbons (Fsp3) is 0.105. The zero-order valence-electron chi connectivity index (χ0n) is 15.6. The first-order valence-electron chi connectivity index (χ1n) is 8.46. The molecule has 0 aliphatic carbocycles. The number of halogens is 1. The van der Waals surface area contributed by atoms with Crippen LogP contribution in [-0.2, 0) is 19.6 Å². The number of thiazole rings is 1. The summed E-state index contributed by atoms with van der Waals surface area (Å²) >= 11 is 7.12. The normalized spacial score (nSPS) is 11.2. The Bertz CT molecular complexity index is 1220. The van der Waals surface area contributed by atoms with Crippen LogP contribution in [0.2, 0.25) is 5.02 Å². The Kier molecular flexibility index (Phi) is 6.52. The van der Waals surface area contributed by atoms with Crippen LogP contribution in [0.1, 0.15) is 15.4 Å².